The maximum absolute atomic E-state index is 13.1. The number of hydrogen-bond acceptors (Lipinski definition) is 4. The predicted molar refractivity (Wildman–Crippen MR) is 113 cm³/mol. The Kier molecular flexibility index (Phi) is 6.56. The molecule has 1 aliphatic heterocycles. The molecule has 0 N–H and O–H groups in total. The van der Waals surface area contributed by atoms with E-state index in [9.17, 15) is 4.79 Å². The van der Waals surface area contributed by atoms with Gasteiger partial charge in [-0.2, -0.15) is 0 Å². The van der Waals surface area contributed by atoms with Gasteiger partial charge in [-0.25, -0.2) is 4.98 Å². The molecule has 2 atom stereocenters. The lowest BCUT2D eigenvalue weighted by molar-refractivity contribution is 0.167. The van der Waals surface area contributed by atoms with E-state index >= 15 is 0 Å². The number of nitrogens with zero attached hydrogens (tertiary/aromatic N) is 4. The van der Waals surface area contributed by atoms with Gasteiger partial charge in [-0.1, -0.05) is 31.9 Å². The monoisotopic (exact) mass is 390 g/mol. The zero-order chi connectivity index (χ0) is 19.6. The van der Waals surface area contributed by atoms with Gasteiger partial charge in [-0.15, -0.1) is 0 Å². The summed E-state index contributed by atoms with van der Waals surface area (Å²) in [5, 5.41) is 1.18. The van der Waals surface area contributed by atoms with Crippen LogP contribution >= 0.6 is 11.6 Å². The largest absolute Gasteiger partial charge is 0.305 e. The van der Waals surface area contributed by atoms with Crippen molar-refractivity contribution in [3.63, 3.8) is 0 Å². The standard InChI is InChI=1S/C21H31ClN4O/c1-5-7-19(25-11-10-24(4)13-15(3)14-25)20-23-18-9-8-16(22)12-17(18)21(27)26(20)6-2/h8-9,12,15,19H,5-7,10-11,13-14H2,1-4H3/t15-,19?/m1/s1. The lowest BCUT2D eigenvalue weighted by Gasteiger charge is -2.32. The van der Waals surface area contributed by atoms with Crippen molar-refractivity contribution >= 4 is 22.5 Å². The van der Waals surface area contributed by atoms with Crippen LogP contribution in [0.3, 0.4) is 0 Å². The Hall–Kier alpha value is -1.43. The van der Waals surface area contributed by atoms with Crippen molar-refractivity contribution in [1.82, 2.24) is 19.4 Å². The molecule has 1 aliphatic rings. The molecule has 0 saturated carbocycles. The van der Waals surface area contributed by atoms with Crippen LogP contribution < -0.4 is 5.56 Å². The fourth-order valence-electron chi connectivity index (χ4n) is 4.27. The molecule has 6 heteroatoms. The van der Waals surface area contributed by atoms with Crippen LogP contribution in [0.1, 0.15) is 45.5 Å². The molecule has 148 valence electrons. The molecule has 1 fully saturated rings. The summed E-state index contributed by atoms with van der Waals surface area (Å²) in [6, 6.07) is 5.58. The molecule has 2 heterocycles. The topological polar surface area (TPSA) is 41.4 Å². The Morgan fingerprint density at radius 2 is 2.04 bits per heavy atom. The van der Waals surface area contributed by atoms with Gasteiger partial charge in [0.1, 0.15) is 5.82 Å². The number of halogens is 1. The van der Waals surface area contributed by atoms with Crippen LogP contribution in [-0.2, 0) is 6.54 Å². The number of fused-ring (bicyclic) bond motifs is 1. The van der Waals surface area contributed by atoms with Crippen LogP contribution in [0.4, 0.5) is 0 Å². The van der Waals surface area contributed by atoms with Crippen LogP contribution in [-0.4, -0.2) is 52.6 Å². The summed E-state index contributed by atoms with van der Waals surface area (Å²) in [6.45, 7) is 11.3. The predicted octanol–water partition coefficient (Wildman–Crippen LogP) is 3.79. The van der Waals surface area contributed by atoms with Crippen LogP contribution in [0.2, 0.25) is 5.02 Å². The van der Waals surface area contributed by atoms with Crippen molar-refractivity contribution in [2.24, 2.45) is 5.92 Å². The highest BCUT2D eigenvalue weighted by atomic mass is 35.5. The first kappa shape index (κ1) is 20.3. The molecule has 0 aliphatic carbocycles. The smallest absolute Gasteiger partial charge is 0.261 e. The van der Waals surface area contributed by atoms with Crippen molar-refractivity contribution in [2.75, 3.05) is 33.2 Å². The molecule has 0 amide bonds. The first-order chi connectivity index (χ1) is 12.9. The van der Waals surface area contributed by atoms with Crippen molar-refractivity contribution in [3.8, 4) is 0 Å². The molecule has 1 saturated heterocycles. The van der Waals surface area contributed by atoms with E-state index < -0.39 is 0 Å². The van der Waals surface area contributed by atoms with E-state index in [2.05, 4.69) is 30.7 Å². The zero-order valence-electron chi connectivity index (χ0n) is 16.9. The Morgan fingerprint density at radius 3 is 2.74 bits per heavy atom. The first-order valence-electron chi connectivity index (χ1n) is 10.1. The zero-order valence-corrected chi connectivity index (χ0v) is 17.7. The molecule has 27 heavy (non-hydrogen) atoms. The fraction of sp³-hybridized carbons (Fsp3) is 0.619. The molecule has 1 aromatic carbocycles. The number of benzene rings is 1. The highest BCUT2D eigenvalue weighted by Crippen LogP contribution is 2.27. The Bertz CT molecular complexity index is 850. The molecular formula is C21H31ClN4O. The van der Waals surface area contributed by atoms with Crippen LogP contribution in [0.25, 0.3) is 10.9 Å². The normalized spacial score (nSPS) is 20.7. The molecule has 5 nitrogen and oxygen atoms in total. The fourth-order valence-corrected chi connectivity index (χ4v) is 4.45. The lowest BCUT2D eigenvalue weighted by Crippen LogP contribution is -2.38. The molecule has 2 aromatic rings. The van der Waals surface area contributed by atoms with Gasteiger partial charge in [-0.05, 0) is 44.5 Å². The van der Waals surface area contributed by atoms with E-state index in [1.807, 2.05) is 23.6 Å². The minimum atomic E-state index is 0.0149. The van der Waals surface area contributed by atoms with Gasteiger partial charge in [0.2, 0.25) is 0 Å². The van der Waals surface area contributed by atoms with Crippen LogP contribution in [0.5, 0.6) is 0 Å². The lowest BCUT2D eigenvalue weighted by atomic mass is 10.1. The average Bonchev–Trinajstić information content (AvgIpc) is 2.80. The number of hydrogen-bond donors (Lipinski definition) is 0. The summed E-state index contributed by atoms with van der Waals surface area (Å²) in [6.07, 6.45) is 2.06. The second-order valence-electron chi connectivity index (χ2n) is 7.85. The third-order valence-corrected chi connectivity index (χ3v) is 5.74. The summed E-state index contributed by atoms with van der Waals surface area (Å²) in [5.74, 6) is 1.49. The van der Waals surface area contributed by atoms with E-state index in [1.54, 1.807) is 6.07 Å². The highest BCUT2D eigenvalue weighted by Gasteiger charge is 2.28. The summed E-state index contributed by atoms with van der Waals surface area (Å²) in [4.78, 5) is 23.0. The van der Waals surface area contributed by atoms with E-state index in [-0.39, 0.29) is 11.6 Å². The third-order valence-electron chi connectivity index (χ3n) is 5.50. The Morgan fingerprint density at radius 1 is 1.26 bits per heavy atom. The molecule has 1 aromatic heterocycles. The second kappa shape index (κ2) is 8.72. The number of rotatable bonds is 5. The SMILES string of the molecule is CCCC(c1nc2ccc(Cl)cc2c(=O)n1CC)N1CCN(C)C[C@@H](C)C1. The van der Waals surface area contributed by atoms with Gasteiger partial charge in [-0.3, -0.25) is 14.3 Å². The van der Waals surface area contributed by atoms with Gasteiger partial charge in [0.05, 0.1) is 16.9 Å². The van der Waals surface area contributed by atoms with E-state index in [0.29, 0.717) is 22.9 Å². The summed E-state index contributed by atoms with van der Waals surface area (Å²) in [7, 11) is 2.19. The first-order valence-corrected chi connectivity index (χ1v) is 10.4. The van der Waals surface area contributed by atoms with Crippen molar-refractivity contribution < 1.29 is 0 Å². The van der Waals surface area contributed by atoms with Crippen molar-refractivity contribution in [1.29, 1.82) is 0 Å². The third kappa shape index (κ3) is 4.36. The molecule has 3 rings (SSSR count). The molecular weight excluding hydrogens is 360 g/mol. The molecule has 1 unspecified atom stereocenters. The summed E-state index contributed by atoms with van der Waals surface area (Å²) >= 11 is 6.12. The number of likely N-dealkylation sites (N-methyl/N-ethyl adjacent to an activating group) is 1. The maximum atomic E-state index is 13.1. The minimum absolute atomic E-state index is 0.0149. The summed E-state index contributed by atoms with van der Waals surface area (Å²) < 4.78 is 1.85. The van der Waals surface area contributed by atoms with Crippen molar-refractivity contribution in [3.05, 3.63) is 39.4 Å². The van der Waals surface area contributed by atoms with E-state index in [4.69, 9.17) is 16.6 Å². The quantitative estimate of drug-likeness (QED) is 0.778. The minimum Gasteiger partial charge on any atom is -0.305 e. The second-order valence-corrected chi connectivity index (χ2v) is 8.28. The van der Waals surface area contributed by atoms with Crippen molar-refractivity contribution in [2.45, 2.75) is 46.2 Å². The summed E-state index contributed by atoms with van der Waals surface area (Å²) in [5.41, 5.74) is 0.756. The highest BCUT2D eigenvalue weighted by molar-refractivity contribution is 6.31. The Labute approximate surface area is 166 Å². The molecule has 0 radical (unpaired) electrons. The maximum Gasteiger partial charge on any atom is 0.261 e. The average molecular weight is 391 g/mol. The molecule has 0 spiro atoms. The van der Waals surface area contributed by atoms with E-state index in [0.717, 1.165) is 50.4 Å². The van der Waals surface area contributed by atoms with Gasteiger partial charge in [0, 0.05) is 37.7 Å². The van der Waals surface area contributed by atoms with Gasteiger partial charge < -0.3 is 4.90 Å². The van der Waals surface area contributed by atoms with Crippen LogP contribution in [0.15, 0.2) is 23.0 Å². The Balaban J connectivity index is 2.10. The molecule has 0 bridgehead atoms. The van der Waals surface area contributed by atoms with Gasteiger partial charge >= 0.3 is 0 Å². The number of aromatic nitrogens is 2. The van der Waals surface area contributed by atoms with Crippen LogP contribution in [0, 0.1) is 5.92 Å². The van der Waals surface area contributed by atoms with Gasteiger partial charge in [0.25, 0.3) is 5.56 Å². The van der Waals surface area contributed by atoms with Gasteiger partial charge in [0.15, 0.2) is 0 Å². The van der Waals surface area contributed by atoms with E-state index in [1.165, 1.54) is 0 Å².